The third-order valence-electron chi connectivity index (χ3n) is 16.9. The maximum Gasteiger partial charge on any atom is 0.268 e. The molecule has 2 N–H and O–H groups in total. The van der Waals surface area contributed by atoms with E-state index in [0.29, 0.717) is 17.4 Å². The van der Waals surface area contributed by atoms with Crippen molar-refractivity contribution in [1.82, 2.24) is 5.32 Å². The van der Waals surface area contributed by atoms with E-state index in [1.54, 1.807) is 6.08 Å². The summed E-state index contributed by atoms with van der Waals surface area (Å²) in [4.78, 5) is 25.6. The number of rotatable bonds is 68. The lowest BCUT2D eigenvalue weighted by Gasteiger charge is -2.29. The number of amides is 1. The highest BCUT2D eigenvalue weighted by molar-refractivity contribution is 7.45. The predicted octanol–water partition coefficient (Wildman–Crippen LogP) is 22.4. The number of hydrogen-bond acceptors (Lipinski definition) is 6. The molecule has 0 aliphatic carbocycles. The molecule has 0 aliphatic rings. The summed E-state index contributed by atoms with van der Waals surface area (Å²) >= 11 is 0. The number of aliphatic hydroxyl groups excluding tert-OH is 1. The zero-order valence-electron chi connectivity index (χ0n) is 55.3. The number of carbonyl (C=O) groups is 1. The minimum atomic E-state index is -4.61. The Bertz CT molecular complexity index is 1370. The third-order valence-corrected chi connectivity index (χ3v) is 17.9. The number of phosphoric ester groups is 1. The van der Waals surface area contributed by atoms with Gasteiger partial charge in [0.2, 0.25) is 5.91 Å². The quantitative estimate of drug-likeness (QED) is 0.0272. The molecule has 0 aromatic carbocycles. The highest BCUT2D eigenvalue weighted by Gasteiger charge is 2.23. The van der Waals surface area contributed by atoms with Crippen LogP contribution in [0.1, 0.15) is 380 Å². The lowest BCUT2D eigenvalue weighted by atomic mass is 10.0. The molecule has 0 rings (SSSR count). The number of quaternary nitrogens is 1. The summed E-state index contributed by atoms with van der Waals surface area (Å²) in [6, 6.07) is -0.902. The van der Waals surface area contributed by atoms with E-state index in [2.05, 4.69) is 31.3 Å². The van der Waals surface area contributed by atoms with Gasteiger partial charge >= 0.3 is 0 Å². The first kappa shape index (κ1) is 80.0. The van der Waals surface area contributed by atoms with E-state index >= 15 is 0 Å². The fourth-order valence-corrected chi connectivity index (χ4v) is 12.0. The fourth-order valence-electron chi connectivity index (χ4n) is 11.3. The van der Waals surface area contributed by atoms with Crippen molar-refractivity contribution in [2.24, 2.45) is 0 Å². The number of allylic oxidation sites excluding steroid dienone is 3. The third kappa shape index (κ3) is 66.4. The van der Waals surface area contributed by atoms with Crippen LogP contribution in [-0.2, 0) is 18.4 Å². The molecule has 482 valence electrons. The molecule has 0 saturated heterocycles. The van der Waals surface area contributed by atoms with E-state index in [-0.39, 0.29) is 19.1 Å². The molecule has 0 spiro atoms. The summed E-state index contributed by atoms with van der Waals surface area (Å²) < 4.78 is 23.5. The van der Waals surface area contributed by atoms with Crippen LogP contribution in [-0.4, -0.2) is 68.5 Å². The molecule has 81 heavy (non-hydrogen) atoms. The monoisotopic (exact) mass is 1160 g/mol. The van der Waals surface area contributed by atoms with Gasteiger partial charge in [-0.2, -0.15) is 0 Å². The Kier molecular flexibility index (Phi) is 62.7. The molecule has 3 unspecified atom stereocenters. The van der Waals surface area contributed by atoms with Crippen LogP contribution in [0.2, 0.25) is 0 Å². The van der Waals surface area contributed by atoms with Gasteiger partial charge in [0.25, 0.3) is 7.82 Å². The van der Waals surface area contributed by atoms with Gasteiger partial charge in [-0.25, -0.2) is 0 Å². The van der Waals surface area contributed by atoms with Crippen LogP contribution >= 0.6 is 7.82 Å². The summed E-state index contributed by atoms with van der Waals surface area (Å²) in [5, 5.41) is 14.0. The molecule has 3 atom stereocenters. The van der Waals surface area contributed by atoms with E-state index in [4.69, 9.17) is 9.05 Å². The van der Waals surface area contributed by atoms with Crippen LogP contribution in [0.25, 0.3) is 0 Å². The van der Waals surface area contributed by atoms with Crippen molar-refractivity contribution in [3.05, 3.63) is 24.3 Å². The zero-order chi connectivity index (χ0) is 59.1. The van der Waals surface area contributed by atoms with Gasteiger partial charge in [0.15, 0.2) is 0 Å². The average molecular weight is 1160 g/mol. The highest BCUT2D eigenvalue weighted by Crippen LogP contribution is 2.38. The van der Waals surface area contributed by atoms with Crippen molar-refractivity contribution in [2.45, 2.75) is 392 Å². The molecule has 0 radical (unpaired) electrons. The topological polar surface area (TPSA) is 108 Å². The lowest BCUT2D eigenvalue weighted by Crippen LogP contribution is -2.45. The summed E-state index contributed by atoms with van der Waals surface area (Å²) in [5.74, 6) is -0.198. The Labute approximate surface area is 506 Å². The van der Waals surface area contributed by atoms with E-state index in [0.717, 1.165) is 38.5 Å². The van der Waals surface area contributed by atoms with Crippen LogP contribution in [0.5, 0.6) is 0 Å². The Balaban J connectivity index is 4.03. The van der Waals surface area contributed by atoms with Crippen molar-refractivity contribution < 1.29 is 32.9 Å². The second-order valence-electron chi connectivity index (χ2n) is 26.3. The zero-order valence-corrected chi connectivity index (χ0v) is 56.2. The van der Waals surface area contributed by atoms with E-state index < -0.39 is 20.0 Å². The molecule has 0 heterocycles. The van der Waals surface area contributed by atoms with Crippen molar-refractivity contribution in [1.29, 1.82) is 0 Å². The number of hydrogen-bond donors (Lipinski definition) is 2. The van der Waals surface area contributed by atoms with Crippen molar-refractivity contribution in [2.75, 3.05) is 40.9 Å². The van der Waals surface area contributed by atoms with Crippen molar-refractivity contribution in [3.63, 3.8) is 0 Å². The van der Waals surface area contributed by atoms with Gasteiger partial charge in [0.05, 0.1) is 39.9 Å². The number of phosphoric acid groups is 1. The van der Waals surface area contributed by atoms with Gasteiger partial charge < -0.3 is 28.8 Å². The average Bonchev–Trinajstić information content (AvgIpc) is 3.43. The molecule has 0 aliphatic heterocycles. The summed E-state index contributed by atoms with van der Waals surface area (Å²) in [6.45, 7) is 4.70. The van der Waals surface area contributed by atoms with Crippen molar-refractivity contribution in [3.8, 4) is 0 Å². The molecule has 8 nitrogen and oxygen atoms in total. The Morgan fingerprint density at radius 3 is 1.00 bits per heavy atom. The van der Waals surface area contributed by atoms with E-state index in [9.17, 15) is 19.4 Å². The summed E-state index contributed by atoms with van der Waals surface area (Å²) in [6.07, 6.45) is 83.2. The van der Waals surface area contributed by atoms with Crippen LogP contribution < -0.4 is 10.2 Å². The molecule has 0 saturated carbocycles. The van der Waals surface area contributed by atoms with Gasteiger partial charge in [0.1, 0.15) is 13.2 Å². The largest absolute Gasteiger partial charge is 0.756 e. The number of carbonyl (C=O) groups excluding carboxylic acids is 1. The second-order valence-corrected chi connectivity index (χ2v) is 27.7. The van der Waals surface area contributed by atoms with Crippen LogP contribution in [0.4, 0.5) is 0 Å². The molecular weight excluding hydrogens is 1020 g/mol. The Hall–Kier alpha value is -1.02. The van der Waals surface area contributed by atoms with Gasteiger partial charge in [0, 0.05) is 6.42 Å². The first-order valence-corrected chi connectivity index (χ1v) is 37.7. The SMILES string of the molecule is CCCCCCCCCCCCCCCCCCCCCCC/C=C/CC/C=C/C(O)C(COP(=O)([O-])OCC[N+](C)(C)C)NC(=O)CCCCCCCCCCCCCCCCCCCCCCCCCCCCCCCCCC. The summed E-state index contributed by atoms with van der Waals surface area (Å²) in [7, 11) is 1.26. The second kappa shape index (κ2) is 63.5. The summed E-state index contributed by atoms with van der Waals surface area (Å²) in [5.41, 5.74) is 0. The normalized spacial score (nSPS) is 13.7. The molecule has 0 fully saturated rings. The maximum atomic E-state index is 13.0. The molecule has 9 heteroatoms. The Morgan fingerprint density at radius 2 is 0.691 bits per heavy atom. The molecule has 0 bridgehead atoms. The number of aliphatic hydroxyl groups is 1. The maximum absolute atomic E-state index is 13.0. The van der Waals surface area contributed by atoms with E-state index in [1.807, 2.05) is 27.2 Å². The van der Waals surface area contributed by atoms with Crippen LogP contribution in [0.15, 0.2) is 24.3 Å². The minimum absolute atomic E-state index is 0.00337. The van der Waals surface area contributed by atoms with Crippen molar-refractivity contribution >= 4 is 13.7 Å². The highest BCUT2D eigenvalue weighted by atomic mass is 31.2. The predicted molar refractivity (Wildman–Crippen MR) is 353 cm³/mol. The molecule has 0 aromatic heterocycles. The molecular formula is C72H143N2O6P. The minimum Gasteiger partial charge on any atom is -0.756 e. The number of nitrogens with zero attached hydrogens (tertiary/aromatic N) is 1. The smallest absolute Gasteiger partial charge is 0.268 e. The molecule has 0 aromatic rings. The molecule has 1 amide bonds. The lowest BCUT2D eigenvalue weighted by molar-refractivity contribution is -0.870. The van der Waals surface area contributed by atoms with Gasteiger partial charge in [-0.1, -0.05) is 366 Å². The van der Waals surface area contributed by atoms with Crippen LogP contribution in [0.3, 0.4) is 0 Å². The van der Waals surface area contributed by atoms with Gasteiger partial charge in [-0.15, -0.1) is 0 Å². The van der Waals surface area contributed by atoms with Crippen LogP contribution in [0, 0.1) is 0 Å². The van der Waals surface area contributed by atoms with Gasteiger partial charge in [-0.3, -0.25) is 9.36 Å². The van der Waals surface area contributed by atoms with Gasteiger partial charge in [-0.05, 0) is 32.1 Å². The number of unbranched alkanes of at least 4 members (excludes halogenated alkanes) is 53. The standard InChI is InChI=1S/C72H143N2O6P/c1-6-8-10-12-14-16-18-20-22-24-26-28-30-32-34-35-36-37-38-40-42-44-46-48-50-52-54-56-58-60-62-64-66-72(76)73-70(69-80-81(77,78)79-68-67-74(3,4)5)71(75)65-63-61-59-57-55-53-51-49-47-45-43-41-39-33-31-29-27-25-23-21-19-17-15-13-11-9-7-2/h55,57,63,65,70-71,75H,6-54,56,58-62,64,66-69H2,1-5H3,(H-,73,76,77,78)/b57-55+,65-63+. The van der Waals surface area contributed by atoms with E-state index in [1.165, 1.54) is 321 Å². The first-order valence-electron chi connectivity index (χ1n) is 36.2. The number of nitrogens with one attached hydrogen (secondary N) is 1. The number of likely N-dealkylation sites (N-methyl/N-ethyl adjacent to an activating group) is 1. The first-order chi connectivity index (χ1) is 39.5. The Morgan fingerprint density at radius 1 is 0.420 bits per heavy atom. The fraction of sp³-hybridized carbons (Fsp3) is 0.931.